The minimum atomic E-state index is -0.459. The van der Waals surface area contributed by atoms with Crippen LogP contribution >= 0.6 is 0 Å². The summed E-state index contributed by atoms with van der Waals surface area (Å²) < 4.78 is 5.89. The number of carbonyl (C=O) groups is 1. The number of hydrogen-bond acceptors (Lipinski definition) is 5. The maximum atomic E-state index is 13.5. The average Bonchev–Trinajstić information content (AvgIpc) is 3.35. The van der Waals surface area contributed by atoms with Crippen molar-refractivity contribution in [2.45, 2.75) is 19.1 Å². The molecular weight excluding hydrogens is 440 g/mol. The van der Waals surface area contributed by atoms with Gasteiger partial charge in [0.1, 0.15) is 18.1 Å². The Balaban J connectivity index is 1.40. The predicted molar refractivity (Wildman–Crippen MR) is 134 cm³/mol. The highest BCUT2D eigenvalue weighted by atomic mass is 16.5. The molecule has 2 heterocycles. The summed E-state index contributed by atoms with van der Waals surface area (Å²) in [5.74, 6) is 0.869. The number of nitrogens with one attached hydrogen (secondary N) is 1. The smallest absolute Gasteiger partial charge is 0.342 e. The molecule has 0 fully saturated rings. The van der Waals surface area contributed by atoms with Gasteiger partial charge in [0.25, 0.3) is 0 Å². The summed E-state index contributed by atoms with van der Waals surface area (Å²) in [6, 6.07) is 26.9. The van der Waals surface area contributed by atoms with Gasteiger partial charge in [-0.05, 0) is 30.3 Å². The third kappa shape index (κ3) is 4.99. The second-order valence-electron chi connectivity index (χ2n) is 8.10. The number of urea groups is 1. The van der Waals surface area contributed by atoms with E-state index in [4.69, 9.17) is 4.74 Å². The highest BCUT2D eigenvalue weighted by molar-refractivity contribution is 6.04. The first-order valence-electron chi connectivity index (χ1n) is 11.3. The Morgan fingerprint density at radius 1 is 0.971 bits per heavy atom. The van der Waals surface area contributed by atoms with Crippen LogP contribution in [0.4, 0.5) is 10.5 Å². The van der Waals surface area contributed by atoms with Crippen LogP contribution < -0.4 is 10.1 Å². The molecule has 1 aliphatic rings. The number of aromatic hydroxyl groups is 1. The van der Waals surface area contributed by atoms with Crippen LogP contribution in [0.2, 0.25) is 0 Å². The van der Waals surface area contributed by atoms with Crippen molar-refractivity contribution in [2.75, 3.05) is 5.32 Å². The first kappa shape index (κ1) is 22.2. The quantitative estimate of drug-likeness (QED) is 0.380. The van der Waals surface area contributed by atoms with E-state index < -0.39 is 12.1 Å². The number of phenols is 1. The van der Waals surface area contributed by atoms with E-state index >= 15 is 0 Å². The summed E-state index contributed by atoms with van der Waals surface area (Å²) in [5, 5.41) is 19.5. The SMILES string of the molecule is O=C(Nc1ccccc1COc1ccccc1)N1N=C(c2cccnc2)CC1c1ccccc1O. The molecule has 1 aromatic heterocycles. The molecule has 2 amide bonds. The van der Waals surface area contributed by atoms with Gasteiger partial charge in [0.15, 0.2) is 0 Å². The van der Waals surface area contributed by atoms with E-state index in [-0.39, 0.29) is 5.75 Å². The summed E-state index contributed by atoms with van der Waals surface area (Å²) >= 11 is 0. The molecule has 0 aliphatic carbocycles. The molecule has 0 saturated heterocycles. The standard InChI is InChI=1S/C28H24N4O3/c33-27-15-7-5-13-23(27)26-17-25(20-10-8-16-29-18-20)31-32(26)28(34)30-24-14-6-4-9-21(24)19-35-22-11-2-1-3-12-22/h1-16,18,26,33H,17,19H2,(H,30,34). The molecule has 1 unspecified atom stereocenters. The summed E-state index contributed by atoms with van der Waals surface area (Å²) in [4.78, 5) is 17.7. The zero-order valence-electron chi connectivity index (χ0n) is 18.9. The fourth-order valence-corrected chi connectivity index (χ4v) is 4.04. The lowest BCUT2D eigenvalue weighted by molar-refractivity contribution is 0.199. The van der Waals surface area contributed by atoms with Gasteiger partial charge in [-0.1, -0.05) is 60.7 Å². The largest absolute Gasteiger partial charge is 0.508 e. The summed E-state index contributed by atoms with van der Waals surface area (Å²) in [5.41, 5.74) is 3.65. The van der Waals surface area contributed by atoms with Crippen LogP contribution in [0, 0.1) is 0 Å². The topological polar surface area (TPSA) is 87.0 Å². The average molecular weight is 465 g/mol. The molecular formula is C28H24N4O3. The number of amides is 2. The van der Waals surface area contributed by atoms with Crippen molar-refractivity contribution in [1.29, 1.82) is 0 Å². The van der Waals surface area contributed by atoms with Gasteiger partial charge in [-0.25, -0.2) is 9.80 Å². The van der Waals surface area contributed by atoms with Crippen LogP contribution in [0.25, 0.3) is 0 Å². The Labute approximate surface area is 203 Å². The van der Waals surface area contributed by atoms with Crippen LogP contribution in [-0.4, -0.2) is 26.8 Å². The van der Waals surface area contributed by atoms with Crippen molar-refractivity contribution in [3.05, 3.63) is 120 Å². The Bertz CT molecular complexity index is 1340. The van der Waals surface area contributed by atoms with Gasteiger partial charge in [-0.15, -0.1) is 0 Å². The first-order valence-corrected chi connectivity index (χ1v) is 11.3. The highest BCUT2D eigenvalue weighted by Crippen LogP contribution is 2.37. The number of phenolic OH excluding ortho intramolecular Hbond substituents is 1. The molecule has 1 atom stereocenters. The first-order chi connectivity index (χ1) is 17.2. The Morgan fingerprint density at radius 2 is 1.74 bits per heavy atom. The molecule has 4 aromatic rings. The molecule has 3 aromatic carbocycles. The fraction of sp³-hybridized carbons (Fsp3) is 0.107. The summed E-state index contributed by atoms with van der Waals surface area (Å²) in [6.45, 7) is 0.299. The van der Waals surface area contributed by atoms with Gasteiger partial charge in [-0.3, -0.25) is 4.98 Å². The van der Waals surface area contributed by atoms with Crippen LogP contribution in [0.3, 0.4) is 0 Å². The van der Waals surface area contributed by atoms with Gasteiger partial charge in [-0.2, -0.15) is 5.10 Å². The lowest BCUT2D eigenvalue weighted by atomic mass is 9.98. The van der Waals surface area contributed by atoms with Crippen molar-refractivity contribution in [1.82, 2.24) is 9.99 Å². The summed E-state index contributed by atoms with van der Waals surface area (Å²) in [6.07, 6.45) is 3.87. The summed E-state index contributed by atoms with van der Waals surface area (Å²) in [7, 11) is 0. The van der Waals surface area contributed by atoms with Crippen molar-refractivity contribution < 1.29 is 14.6 Å². The normalized spacial score (nSPS) is 14.9. The lowest BCUT2D eigenvalue weighted by Crippen LogP contribution is -2.31. The van der Waals surface area contributed by atoms with Gasteiger partial charge < -0.3 is 15.2 Å². The van der Waals surface area contributed by atoms with Crippen LogP contribution in [0.15, 0.2) is 108 Å². The van der Waals surface area contributed by atoms with E-state index in [1.807, 2.05) is 78.9 Å². The third-order valence-corrected chi connectivity index (χ3v) is 5.81. The molecule has 174 valence electrons. The van der Waals surface area contributed by atoms with Gasteiger partial charge in [0.2, 0.25) is 0 Å². The molecule has 7 nitrogen and oxygen atoms in total. The van der Waals surface area contributed by atoms with E-state index in [1.165, 1.54) is 5.01 Å². The van der Waals surface area contributed by atoms with Crippen molar-refractivity contribution in [3.63, 3.8) is 0 Å². The number of hydrazone groups is 1. The van der Waals surface area contributed by atoms with E-state index in [9.17, 15) is 9.90 Å². The van der Waals surface area contributed by atoms with Crippen LogP contribution in [0.1, 0.15) is 29.2 Å². The molecule has 0 radical (unpaired) electrons. The lowest BCUT2D eigenvalue weighted by Gasteiger charge is -2.23. The number of anilines is 1. The van der Waals surface area contributed by atoms with E-state index in [1.54, 1.807) is 24.5 Å². The van der Waals surface area contributed by atoms with Crippen molar-refractivity contribution in [3.8, 4) is 11.5 Å². The highest BCUT2D eigenvalue weighted by Gasteiger charge is 2.35. The molecule has 5 rings (SSSR count). The second kappa shape index (κ2) is 10.1. The van der Waals surface area contributed by atoms with Crippen LogP contribution in [-0.2, 0) is 6.61 Å². The number of nitrogens with zero attached hydrogens (tertiary/aromatic N) is 3. The van der Waals surface area contributed by atoms with Gasteiger partial charge in [0, 0.05) is 41.2 Å². The third-order valence-electron chi connectivity index (χ3n) is 5.81. The number of para-hydroxylation sites is 3. The maximum absolute atomic E-state index is 13.5. The fourth-order valence-electron chi connectivity index (χ4n) is 4.04. The number of carbonyl (C=O) groups excluding carboxylic acids is 1. The number of hydrogen-bond donors (Lipinski definition) is 2. The van der Waals surface area contributed by atoms with Crippen molar-refractivity contribution >= 4 is 17.4 Å². The number of aromatic nitrogens is 1. The Morgan fingerprint density at radius 3 is 2.54 bits per heavy atom. The molecule has 2 N–H and O–H groups in total. The zero-order chi connectivity index (χ0) is 24.0. The van der Waals surface area contributed by atoms with E-state index in [0.29, 0.717) is 24.3 Å². The molecule has 1 aliphatic heterocycles. The number of pyridine rings is 1. The molecule has 35 heavy (non-hydrogen) atoms. The van der Waals surface area contributed by atoms with Gasteiger partial charge >= 0.3 is 6.03 Å². The molecule has 7 heteroatoms. The molecule has 0 spiro atoms. The van der Waals surface area contributed by atoms with Gasteiger partial charge in [0.05, 0.1) is 11.8 Å². The van der Waals surface area contributed by atoms with Crippen molar-refractivity contribution in [2.24, 2.45) is 5.10 Å². The minimum absolute atomic E-state index is 0.120. The van der Waals surface area contributed by atoms with E-state index in [0.717, 1.165) is 22.6 Å². The maximum Gasteiger partial charge on any atom is 0.342 e. The minimum Gasteiger partial charge on any atom is -0.508 e. The number of rotatable bonds is 6. The van der Waals surface area contributed by atoms with E-state index in [2.05, 4.69) is 15.4 Å². The Hall–Kier alpha value is -4.65. The molecule has 0 bridgehead atoms. The Kier molecular flexibility index (Phi) is 6.39. The number of benzene rings is 3. The monoisotopic (exact) mass is 464 g/mol. The predicted octanol–water partition coefficient (Wildman–Crippen LogP) is 5.75. The second-order valence-corrected chi connectivity index (χ2v) is 8.10. The molecule has 0 saturated carbocycles. The zero-order valence-corrected chi connectivity index (χ0v) is 18.9. The van der Waals surface area contributed by atoms with Crippen LogP contribution in [0.5, 0.6) is 11.5 Å². The number of ether oxygens (including phenoxy) is 1.